The first-order chi connectivity index (χ1) is 17.5. The van der Waals surface area contributed by atoms with Gasteiger partial charge in [0.05, 0.1) is 19.0 Å². The second-order valence-electron chi connectivity index (χ2n) is 9.01. The highest BCUT2D eigenvalue weighted by Gasteiger charge is 2.41. The minimum absolute atomic E-state index is 0.00802. The fraction of sp³-hybridized carbons (Fsp3) is 0.207. The third kappa shape index (κ3) is 4.52. The van der Waals surface area contributed by atoms with Crippen molar-refractivity contribution in [3.05, 3.63) is 112 Å². The Morgan fingerprint density at radius 1 is 1.08 bits per heavy atom. The molecule has 36 heavy (non-hydrogen) atoms. The number of dihydropyridines is 1. The lowest BCUT2D eigenvalue weighted by atomic mass is 9.71. The summed E-state index contributed by atoms with van der Waals surface area (Å²) in [5.41, 5.74) is 5.01. The number of aromatic nitrogens is 1. The minimum atomic E-state index is -0.573. The van der Waals surface area contributed by atoms with E-state index in [1.54, 1.807) is 37.7 Å². The van der Waals surface area contributed by atoms with Crippen LogP contribution in [0.2, 0.25) is 5.02 Å². The van der Waals surface area contributed by atoms with Crippen LogP contribution >= 0.6 is 11.6 Å². The van der Waals surface area contributed by atoms with Gasteiger partial charge in [-0.1, -0.05) is 41.9 Å². The Hall–Kier alpha value is -3.90. The molecule has 5 rings (SSSR count). The number of ether oxygens (including phenoxy) is 1. The number of allylic oxidation sites excluding steroid dienone is 3. The fourth-order valence-electron chi connectivity index (χ4n) is 5.11. The minimum Gasteiger partial charge on any atom is -0.497 e. The number of amides is 1. The highest BCUT2D eigenvalue weighted by atomic mass is 35.5. The van der Waals surface area contributed by atoms with Gasteiger partial charge < -0.3 is 15.4 Å². The predicted octanol–water partition coefficient (Wildman–Crippen LogP) is 5.74. The van der Waals surface area contributed by atoms with E-state index in [9.17, 15) is 9.59 Å². The molecule has 1 amide bonds. The summed E-state index contributed by atoms with van der Waals surface area (Å²) in [7, 11) is 1.63. The third-order valence-electron chi connectivity index (χ3n) is 6.80. The quantitative estimate of drug-likeness (QED) is 0.467. The number of Topliss-reactive ketones (excluding diaryl/α,β-unsaturated/α-hetero) is 1. The highest BCUT2D eigenvalue weighted by molar-refractivity contribution is 6.31. The number of anilines is 1. The van der Waals surface area contributed by atoms with Gasteiger partial charge in [0.2, 0.25) is 0 Å². The van der Waals surface area contributed by atoms with E-state index in [-0.39, 0.29) is 17.6 Å². The number of nitrogens with one attached hydrogen (secondary N) is 2. The van der Waals surface area contributed by atoms with Crippen LogP contribution in [0, 0.1) is 0 Å². The van der Waals surface area contributed by atoms with Gasteiger partial charge in [-0.15, -0.1) is 0 Å². The van der Waals surface area contributed by atoms with Crippen molar-refractivity contribution >= 4 is 29.0 Å². The van der Waals surface area contributed by atoms with Crippen LogP contribution in [-0.2, 0) is 9.59 Å². The van der Waals surface area contributed by atoms with Crippen LogP contribution in [0.25, 0.3) is 0 Å². The molecule has 1 aliphatic heterocycles. The molecular formula is C29H26ClN3O3. The summed E-state index contributed by atoms with van der Waals surface area (Å²) in [5, 5.41) is 6.84. The number of carbonyl (C=O) groups is 2. The van der Waals surface area contributed by atoms with E-state index in [1.807, 2.05) is 49.4 Å². The molecule has 2 heterocycles. The Morgan fingerprint density at radius 2 is 1.86 bits per heavy atom. The summed E-state index contributed by atoms with van der Waals surface area (Å²) in [4.78, 5) is 31.4. The number of methoxy groups -OCH3 is 1. The first kappa shape index (κ1) is 23.8. The van der Waals surface area contributed by atoms with Crippen LogP contribution in [0.15, 0.2) is 95.6 Å². The van der Waals surface area contributed by atoms with Crippen LogP contribution in [0.4, 0.5) is 5.69 Å². The number of ketones is 1. The number of nitrogens with zero attached hydrogens (tertiary/aromatic N) is 1. The number of hydrogen-bond donors (Lipinski definition) is 2. The Morgan fingerprint density at radius 3 is 2.56 bits per heavy atom. The molecule has 0 saturated carbocycles. The fourth-order valence-corrected chi connectivity index (χ4v) is 5.35. The molecule has 2 N–H and O–H groups in total. The van der Waals surface area contributed by atoms with Crippen molar-refractivity contribution in [2.75, 3.05) is 12.4 Å². The van der Waals surface area contributed by atoms with E-state index < -0.39 is 5.92 Å². The summed E-state index contributed by atoms with van der Waals surface area (Å²) in [6, 6.07) is 18.8. The summed E-state index contributed by atoms with van der Waals surface area (Å²) in [6.45, 7) is 1.87. The molecular weight excluding hydrogens is 474 g/mol. The number of rotatable bonds is 5. The van der Waals surface area contributed by atoms with Gasteiger partial charge in [0.15, 0.2) is 5.78 Å². The zero-order chi connectivity index (χ0) is 25.2. The molecule has 182 valence electrons. The van der Waals surface area contributed by atoms with E-state index in [4.69, 9.17) is 16.3 Å². The van der Waals surface area contributed by atoms with Crippen molar-refractivity contribution < 1.29 is 14.3 Å². The lowest BCUT2D eigenvalue weighted by Gasteiger charge is -2.37. The summed E-state index contributed by atoms with van der Waals surface area (Å²) in [5.74, 6) is -0.0577. The maximum atomic E-state index is 13.7. The molecule has 2 unspecified atom stereocenters. The Balaban J connectivity index is 1.55. The summed E-state index contributed by atoms with van der Waals surface area (Å²) < 4.78 is 5.28. The third-order valence-corrected chi connectivity index (χ3v) is 7.14. The molecule has 2 aliphatic rings. The number of hydrogen-bond acceptors (Lipinski definition) is 5. The molecule has 0 saturated heterocycles. The Labute approximate surface area is 215 Å². The maximum absolute atomic E-state index is 13.7. The molecule has 1 aliphatic carbocycles. The van der Waals surface area contributed by atoms with E-state index in [0.29, 0.717) is 40.4 Å². The van der Waals surface area contributed by atoms with Crippen molar-refractivity contribution in [1.82, 2.24) is 10.3 Å². The standard InChI is InChI=1S/C29H26ClN3O3/c1-17-26(29(35)33-20-6-5-13-31-16-20)27(22-7-3-4-8-23(22)30)28-24(32-17)14-19(15-25(28)34)18-9-11-21(36-2)12-10-18/h3-13,16,19,27,32H,14-15H2,1-2H3,(H,33,35). The first-order valence-electron chi connectivity index (χ1n) is 11.8. The average Bonchev–Trinajstić information content (AvgIpc) is 2.88. The molecule has 3 aromatic rings. The normalized spacial score (nSPS) is 19.5. The van der Waals surface area contributed by atoms with E-state index in [0.717, 1.165) is 22.6 Å². The second-order valence-corrected chi connectivity index (χ2v) is 9.41. The molecule has 2 atom stereocenters. The van der Waals surface area contributed by atoms with Crippen LogP contribution < -0.4 is 15.4 Å². The van der Waals surface area contributed by atoms with Gasteiger partial charge in [0.1, 0.15) is 5.75 Å². The molecule has 6 nitrogen and oxygen atoms in total. The van der Waals surface area contributed by atoms with Gasteiger partial charge in [-0.3, -0.25) is 14.6 Å². The van der Waals surface area contributed by atoms with Crippen LogP contribution in [0.5, 0.6) is 5.75 Å². The van der Waals surface area contributed by atoms with Crippen LogP contribution in [-0.4, -0.2) is 23.8 Å². The maximum Gasteiger partial charge on any atom is 0.254 e. The largest absolute Gasteiger partial charge is 0.497 e. The van der Waals surface area contributed by atoms with Gasteiger partial charge in [0, 0.05) is 46.1 Å². The number of carbonyl (C=O) groups excluding carboxylic acids is 2. The van der Waals surface area contributed by atoms with E-state index >= 15 is 0 Å². The monoisotopic (exact) mass is 499 g/mol. The van der Waals surface area contributed by atoms with E-state index in [1.165, 1.54) is 0 Å². The number of benzene rings is 2. The molecule has 0 spiro atoms. The lowest BCUT2D eigenvalue weighted by Crippen LogP contribution is -2.37. The van der Waals surface area contributed by atoms with Crippen molar-refractivity contribution in [1.29, 1.82) is 0 Å². The predicted molar refractivity (Wildman–Crippen MR) is 140 cm³/mol. The van der Waals surface area contributed by atoms with Crippen molar-refractivity contribution in [3.63, 3.8) is 0 Å². The topological polar surface area (TPSA) is 80.3 Å². The van der Waals surface area contributed by atoms with Gasteiger partial charge in [-0.2, -0.15) is 0 Å². The van der Waals surface area contributed by atoms with Gasteiger partial charge in [-0.25, -0.2) is 0 Å². The molecule has 7 heteroatoms. The molecule has 0 fully saturated rings. The zero-order valence-corrected chi connectivity index (χ0v) is 20.8. The van der Waals surface area contributed by atoms with Crippen LogP contribution in [0.3, 0.4) is 0 Å². The Kier molecular flexibility index (Phi) is 6.61. The number of pyridine rings is 1. The second kappa shape index (κ2) is 9.99. The van der Waals surface area contributed by atoms with Gasteiger partial charge in [-0.05, 0) is 60.7 Å². The summed E-state index contributed by atoms with van der Waals surface area (Å²) in [6.07, 6.45) is 4.24. The zero-order valence-electron chi connectivity index (χ0n) is 20.0. The SMILES string of the molecule is COc1ccc(C2CC(=O)C3=C(C2)NC(C)=C(C(=O)Nc2cccnc2)C3c2ccccc2Cl)cc1. The average molecular weight is 500 g/mol. The molecule has 0 bridgehead atoms. The van der Waals surface area contributed by atoms with Crippen molar-refractivity contribution in [2.45, 2.75) is 31.6 Å². The lowest BCUT2D eigenvalue weighted by molar-refractivity contribution is -0.116. The number of halogens is 1. The highest BCUT2D eigenvalue weighted by Crippen LogP contribution is 2.47. The van der Waals surface area contributed by atoms with Crippen LogP contribution in [0.1, 0.15) is 42.7 Å². The summed E-state index contributed by atoms with van der Waals surface area (Å²) >= 11 is 6.64. The van der Waals surface area contributed by atoms with E-state index in [2.05, 4.69) is 15.6 Å². The molecule has 2 aromatic carbocycles. The van der Waals surface area contributed by atoms with Crippen molar-refractivity contribution in [3.8, 4) is 5.75 Å². The molecule has 0 radical (unpaired) electrons. The van der Waals surface area contributed by atoms with Crippen molar-refractivity contribution in [2.24, 2.45) is 0 Å². The van der Waals surface area contributed by atoms with Gasteiger partial charge in [0.25, 0.3) is 5.91 Å². The first-order valence-corrected chi connectivity index (χ1v) is 12.2. The molecule has 1 aromatic heterocycles. The smallest absolute Gasteiger partial charge is 0.254 e. The Bertz CT molecular complexity index is 1380. The van der Waals surface area contributed by atoms with Gasteiger partial charge >= 0.3 is 0 Å².